The molecule has 0 fully saturated rings. The molecule has 0 saturated heterocycles. The number of ether oxygens (including phenoxy) is 1. The lowest BCUT2D eigenvalue weighted by atomic mass is 9.85. The summed E-state index contributed by atoms with van der Waals surface area (Å²) < 4.78 is 7.16. The van der Waals surface area contributed by atoms with E-state index in [9.17, 15) is 9.59 Å². The zero-order chi connectivity index (χ0) is 17.6. The molecule has 4 rings (SSSR count). The van der Waals surface area contributed by atoms with Crippen molar-refractivity contribution in [1.82, 2.24) is 4.57 Å². The Hall–Kier alpha value is -2.88. The summed E-state index contributed by atoms with van der Waals surface area (Å²) in [5.74, 6) is -0.152. The monoisotopic (exact) mass is 333 g/mol. The van der Waals surface area contributed by atoms with Gasteiger partial charge in [0, 0.05) is 18.4 Å². The number of hydrogen-bond acceptors (Lipinski definition) is 3. The highest BCUT2D eigenvalue weighted by molar-refractivity contribution is 5.91. The van der Waals surface area contributed by atoms with E-state index in [0.717, 1.165) is 22.9 Å². The van der Waals surface area contributed by atoms with Gasteiger partial charge >= 0.3 is 5.97 Å². The number of fused-ring (bicyclic) bond motifs is 3. The highest BCUT2D eigenvalue weighted by atomic mass is 16.5. The zero-order valence-corrected chi connectivity index (χ0v) is 14.3. The topological polar surface area (TPSA) is 48.3 Å². The highest BCUT2D eigenvalue weighted by Gasteiger charge is 2.33. The van der Waals surface area contributed by atoms with Gasteiger partial charge in [-0.3, -0.25) is 9.59 Å². The van der Waals surface area contributed by atoms with Gasteiger partial charge in [-0.05, 0) is 29.7 Å². The second-order valence-electron chi connectivity index (χ2n) is 6.45. The molecule has 4 heteroatoms. The van der Waals surface area contributed by atoms with Gasteiger partial charge < -0.3 is 9.30 Å². The first-order chi connectivity index (χ1) is 12.1. The van der Waals surface area contributed by atoms with Gasteiger partial charge in [-0.1, -0.05) is 43.3 Å². The van der Waals surface area contributed by atoms with Crippen LogP contribution in [0.15, 0.2) is 53.3 Å². The molecule has 0 amide bonds. The number of benzene rings is 2. The van der Waals surface area contributed by atoms with Gasteiger partial charge in [-0.2, -0.15) is 0 Å². The zero-order valence-electron chi connectivity index (χ0n) is 14.3. The van der Waals surface area contributed by atoms with Crippen LogP contribution in [0.5, 0.6) is 5.75 Å². The molecule has 0 radical (unpaired) electrons. The molecule has 4 nitrogen and oxygen atoms in total. The molecule has 25 heavy (non-hydrogen) atoms. The van der Waals surface area contributed by atoms with Gasteiger partial charge in [-0.25, -0.2) is 0 Å². The number of esters is 1. The normalized spacial score (nSPS) is 16.6. The van der Waals surface area contributed by atoms with Crippen LogP contribution in [0.4, 0.5) is 0 Å². The Bertz CT molecular complexity index is 1030. The smallest absolute Gasteiger partial charge is 0.312 e. The van der Waals surface area contributed by atoms with Crippen molar-refractivity contribution in [2.24, 2.45) is 7.05 Å². The van der Waals surface area contributed by atoms with E-state index >= 15 is 0 Å². The van der Waals surface area contributed by atoms with Crippen molar-refractivity contribution in [2.45, 2.75) is 25.7 Å². The fourth-order valence-electron chi connectivity index (χ4n) is 3.60. The first-order valence-corrected chi connectivity index (χ1v) is 8.51. The van der Waals surface area contributed by atoms with Crippen molar-refractivity contribution < 1.29 is 9.53 Å². The summed E-state index contributed by atoms with van der Waals surface area (Å²) in [6, 6.07) is 15.7. The number of hydrogen-bond donors (Lipinski definition) is 0. The van der Waals surface area contributed by atoms with E-state index in [1.165, 1.54) is 5.56 Å². The predicted octanol–water partition coefficient (Wildman–Crippen LogP) is 3.54. The summed E-state index contributed by atoms with van der Waals surface area (Å²) in [6.07, 6.45) is 1.14. The van der Waals surface area contributed by atoms with Crippen LogP contribution in [0.3, 0.4) is 0 Å². The Labute approximate surface area is 145 Å². The van der Waals surface area contributed by atoms with Gasteiger partial charge in [-0.15, -0.1) is 0 Å². The van der Waals surface area contributed by atoms with Crippen LogP contribution in [0.1, 0.15) is 36.0 Å². The standard InChI is InChI=1S/C21H19NO3/c1-3-13-8-10-14(11-9-13)16-12-18(23)25-20-15-6-4-5-7-17(15)22(2)21(24)19(16)20/h4-11,16H,3,12H2,1-2H3/t16-/m0/s1. The molecule has 0 spiro atoms. The number of para-hydroxylation sites is 1. The van der Waals surface area contributed by atoms with Crippen LogP contribution in [0.25, 0.3) is 10.9 Å². The number of pyridine rings is 1. The molecule has 0 bridgehead atoms. The number of rotatable bonds is 2. The van der Waals surface area contributed by atoms with E-state index in [2.05, 4.69) is 19.1 Å². The van der Waals surface area contributed by atoms with Crippen LogP contribution >= 0.6 is 0 Å². The highest BCUT2D eigenvalue weighted by Crippen LogP contribution is 2.40. The minimum Gasteiger partial charge on any atom is -0.425 e. The van der Waals surface area contributed by atoms with Gasteiger partial charge in [0.15, 0.2) is 0 Å². The number of carbonyl (C=O) groups is 1. The summed E-state index contributed by atoms with van der Waals surface area (Å²) in [7, 11) is 1.76. The molecule has 1 aliphatic heterocycles. The van der Waals surface area contributed by atoms with E-state index in [4.69, 9.17) is 4.74 Å². The number of aromatic nitrogens is 1. The fourth-order valence-corrected chi connectivity index (χ4v) is 3.60. The third-order valence-electron chi connectivity index (χ3n) is 5.02. The number of carbonyl (C=O) groups excluding carboxylic acids is 1. The molecule has 3 aromatic rings. The van der Waals surface area contributed by atoms with Crippen LogP contribution in [-0.4, -0.2) is 10.5 Å². The largest absolute Gasteiger partial charge is 0.425 e. The summed E-state index contributed by atoms with van der Waals surface area (Å²) in [6.45, 7) is 2.10. The molecule has 0 saturated carbocycles. The minimum atomic E-state index is -0.296. The molecule has 2 heterocycles. The van der Waals surface area contributed by atoms with E-state index < -0.39 is 0 Å². The molecule has 1 atom stereocenters. The van der Waals surface area contributed by atoms with Crippen molar-refractivity contribution in [1.29, 1.82) is 0 Å². The van der Waals surface area contributed by atoms with E-state index in [1.54, 1.807) is 11.6 Å². The lowest BCUT2D eigenvalue weighted by Crippen LogP contribution is -2.31. The molecule has 0 unspecified atom stereocenters. The van der Waals surface area contributed by atoms with Crippen LogP contribution in [0.2, 0.25) is 0 Å². The van der Waals surface area contributed by atoms with Crippen molar-refractivity contribution in [2.75, 3.05) is 0 Å². The molecular weight excluding hydrogens is 314 g/mol. The Kier molecular flexibility index (Phi) is 3.68. The first kappa shape index (κ1) is 15.6. The lowest BCUT2D eigenvalue weighted by Gasteiger charge is -2.26. The summed E-state index contributed by atoms with van der Waals surface area (Å²) in [4.78, 5) is 25.3. The number of nitrogens with zero attached hydrogens (tertiary/aromatic N) is 1. The van der Waals surface area contributed by atoms with Crippen LogP contribution < -0.4 is 10.3 Å². The minimum absolute atomic E-state index is 0.106. The van der Waals surface area contributed by atoms with Gasteiger partial charge in [0.2, 0.25) is 0 Å². The molecule has 126 valence electrons. The average molecular weight is 333 g/mol. The molecule has 0 aliphatic carbocycles. The SMILES string of the molecule is CCc1ccc([C@@H]2CC(=O)Oc3c2c(=O)n(C)c2ccccc32)cc1. The maximum absolute atomic E-state index is 13.0. The molecule has 0 N–H and O–H groups in total. The van der Waals surface area contributed by atoms with Crippen molar-refractivity contribution >= 4 is 16.9 Å². The van der Waals surface area contributed by atoms with Gasteiger partial charge in [0.25, 0.3) is 5.56 Å². The summed E-state index contributed by atoms with van der Waals surface area (Å²) >= 11 is 0. The maximum Gasteiger partial charge on any atom is 0.312 e. The van der Waals surface area contributed by atoms with E-state index in [-0.39, 0.29) is 23.9 Å². The Morgan fingerprint density at radius 3 is 2.52 bits per heavy atom. The Morgan fingerprint density at radius 1 is 1.08 bits per heavy atom. The molecule has 1 aromatic heterocycles. The van der Waals surface area contributed by atoms with Crippen molar-refractivity contribution in [3.63, 3.8) is 0 Å². The second kappa shape index (κ2) is 5.88. The quantitative estimate of drug-likeness (QED) is 0.674. The van der Waals surface area contributed by atoms with E-state index in [1.807, 2.05) is 36.4 Å². The van der Waals surface area contributed by atoms with Gasteiger partial charge in [0.1, 0.15) is 5.75 Å². The summed E-state index contributed by atoms with van der Waals surface area (Å²) in [5.41, 5.74) is 3.44. The van der Waals surface area contributed by atoms with E-state index in [0.29, 0.717) is 11.3 Å². The van der Waals surface area contributed by atoms with Crippen molar-refractivity contribution in [3.05, 3.63) is 75.6 Å². The fraction of sp³-hybridized carbons (Fsp3) is 0.238. The third kappa shape index (κ3) is 2.45. The second-order valence-corrected chi connectivity index (χ2v) is 6.45. The van der Waals surface area contributed by atoms with Crippen LogP contribution in [-0.2, 0) is 18.3 Å². The predicted molar refractivity (Wildman–Crippen MR) is 97.1 cm³/mol. The van der Waals surface area contributed by atoms with Gasteiger partial charge in [0.05, 0.1) is 17.5 Å². The van der Waals surface area contributed by atoms with Crippen molar-refractivity contribution in [3.8, 4) is 5.75 Å². The average Bonchev–Trinajstić information content (AvgIpc) is 2.65. The van der Waals surface area contributed by atoms with Crippen LogP contribution in [0, 0.1) is 0 Å². The number of aryl methyl sites for hydroxylation is 2. The molecule has 2 aromatic carbocycles. The summed E-state index contributed by atoms with van der Waals surface area (Å²) in [5, 5.41) is 0.794. The lowest BCUT2D eigenvalue weighted by molar-refractivity contribution is -0.135. The molecular formula is C21H19NO3. The first-order valence-electron chi connectivity index (χ1n) is 8.51. The maximum atomic E-state index is 13.0. The Morgan fingerprint density at radius 2 is 1.80 bits per heavy atom. The molecule has 1 aliphatic rings. The Balaban J connectivity index is 1.99. The third-order valence-corrected chi connectivity index (χ3v) is 5.02.